The Bertz CT molecular complexity index is 501. The lowest BCUT2D eigenvalue weighted by atomic mass is 10.4. The highest BCUT2D eigenvalue weighted by Crippen LogP contribution is 2.23. The van der Waals surface area contributed by atoms with Crippen LogP contribution in [-0.4, -0.2) is 16.6 Å². The molecule has 0 fully saturated rings. The van der Waals surface area contributed by atoms with Gasteiger partial charge in [0.2, 0.25) is 5.91 Å². The zero-order valence-electron chi connectivity index (χ0n) is 8.72. The molecular weight excluding hydrogens is 320 g/mol. The molecule has 1 aromatic heterocycles. The van der Waals surface area contributed by atoms with Gasteiger partial charge in [-0.1, -0.05) is 29.5 Å². The molecule has 0 unspecified atom stereocenters. The predicted molar refractivity (Wildman–Crippen MR) is 75.6 cm³/mol. The van der Waals surface area contributed by atoms with Crippen molar-refractivity contribution in [2.75, 3.05) is 11.1 Å². The second kappa shape index (κ2) is 6.18. The first-order valence-electron chi connectivity index (χ1n) is 4.83. The van der Waals surface area contributed by atoms with Gasteiger partial charge in [-0.3, -0.25) is 4.79 Å². The van der Waals surface area contributed by atoms with Crippen LogP contribution < -0.4 is 5.32 Å². The number of anilines is 1. The van der Waals surface area contributed by atoms with Gasteiger partial charge in [0, 0.05) is 4.90 Å². The van der Waals surface area contributed by atoms with E-state index >= 15 is 0 Å². The Morgan fingerprint density at radius 1 is 1.41 bits per heavy atom. The zero-order chi connectivity index (χ0) is 12.1. The molecule has 0 aliphatic rings. The van der Waals surface area contributed by atoms with Crippen molar-refractivity contribution in [1.29, 1.82) is 0 Å². The Labute approximate surface area is 116 Å². The highest BCUT2D eigenvalue weighted by atomic mass is 79.9. The molecule has 6 heteroatoms. The van der Waals surface area contributed by atoms with E-state index < -0.39 is 0 Å². The lowest BCUT2D eigenvalue weighted by Gasteiger charge is -2.01. The van der Waals surface area contributed by atoms with Gasteiger partial charge in [-0.05, 0) is 28.1 Å². The normalized spacial score (nSPS) is 10.2. The maximum absolute atomic E-state index is 11.6. The molecule has 0 spiro atoms. The van der Waals surface area contributed by atoms with Crippen LogP contribution >= 0.6 is 39.0 Å². The number of carbonyl (C=O) groups is 1. The monoisotopic (exact) mass is 328 g/mol. The molecule has 2 rings (SSSR count). The first-order chi connectivity index (χ1) is 8.24. The topological polar surface area (TPSA) is 42.0 Å². The maximum atomic E-state index is 11.6. The predicted octanol–water partition coefficient (Wildman–Crippen LogP) is 3.64. The first kappa shape index (κ1) is 12.6. The minimum atomic E-state index is -0.0410. The molecular formula is C11H9BrN2OS2. The number of amides is 1. The summed E-state index contributed by atoms with van der Waals surface area (Å²) in [6.07, 6.45) is 1.67. The van der Waals surface area contributed by atoms with Crippen LogP contribution in [0.5, 0.6) is 0 Å². The first-order valence-corrected chi connectivity index (χ1v) is 7.42. The van der Waals surface area contributed by atoms with Crippen molar-refractivity contribution in [3.05, 3.63) is 40.3 Å². The molecule has 3 nitrogen and oxygen atoms in total. The molecule has 1 N–H and O–H groups in total. The zero-order valence-corrected chi connectivity index (χ0v) is 11.9. The summed E-state index contributed by atoms with van der Waals surface area (Å²) in [6, 6.07) is 9.84. The average Bonchev–Trinajstić information content (AvgIpc) is 2.73. The van der Waals surface area contributed by atoms with E-state index in [1.807, 2.05) is 30.3 Å². The third kappa shape index (κ3) is 4.14. The number of thiazole rings is 1. The van der Waals surface area contributed by atoms with Gasteiger partial charge >= 0.3 is 0 Å². The Hall–Kier alpha value is -0.850. The van der Waals surface area contributed by atoms with Crippen LogP contribution in [0.3, 0.4) is 0 Å². The summed E-state index contributed by atoms with van der Waals surface area (Å²) in [7, 11) is 0. The van der Waals surface area contributed by atoms with Crippen molar-refractivity contribution in [2.45, 2.75) is 4.90 Å². The molecule has 88 valence electrons. The van der Waals surface area contributed by atoms with Crippen molar-refractivity contribution in [3.8, 4) is 0 Å². The number of rotatable bonds is 4. The molecule has 0 aliphatic heterocycles. The molecule has 0 aliphatic carbocycles. The van der Waals surface area contributed by atoms with Gasteiger partial charge in [-0.15, -0.1) is 11.8 Å². The van der Waals surface area contributed by atoms with Crippen LogP contribution in [0.25, 0.3) is 0 Å². The van der Waals surface area contributed by atoms with E-state index in [-0.39, 0.29) is 5.91 Å². The van der Waals surface area contributed by atoms with Crippen LogP contribution in [-0.2, 0) is 4.79 Å². The summed E-state index contributed by atoms with van der Waals surface area (Å²) in [6.45, 7) is 0. The number of aromatic nitrogens is 1. The number of thioether (sulfide) groups is 1. The van der Waals surface area contributed by atoms with E-state index in [1.54, 1.807) is 6.20 Å². The van der Waals surface area contributed by atoms with Crippen LogP contribution in [0, 0.1) is 0 Å². The number of hydrogen-bond donors (Lipinski definition) is 1. The Morgan fingerprint density at radius 2 is 2.18 bits per heavy atom. The van der Waals surface area contributed by atoms with Crippen LogP contribution in [0.2, 0.25) is 0 Å². The lowest BCUT2D eigenvalue weighted by Crippen LogP contribution is -2.13. The Kier molecular flexibility index (Phi) is 4.58. The number of nitrogens with zero attached hydrogens (tertiary/aromatic N) is 1. The number of carbonyl (C=O) groups excluding carboxylic acids is 1. The summed E-state index contributed by atoms with van der Waals surface area (Å²) in [5.41, 5.74) is 0. The van der Waals surface area contributed by atoms with E-state index in [9.17, 15) is 4.79 Å². The molecule has 1 amide bonds. The second-order valence-corrected chi connectivity index (χ2v) is 6.58. The van der Waals surface area contributed by atoms with Gasteiger partial charge in [-0.2, -0.15) is 0 Å². The summed E-state index contributed by atoms with van der Waals surface area (Å²) >= 11 is 6.21. The quantitative estimate of drug-likeness (QED) is 0.871. The molecule has 0 bridgehead atoms. The van der Waals surface area contributed by atoms with Crippen LogP contribution in [0.1, 0.15) is 0 Å². The smallest absolute Gasteiger partial charge is 0.236 e. The van der Waals surface area contributed by atoms with Crippen molar-refractivity contribution in [1.82, 2.24) is 4.98 Å². The summed E-state index contributed by atoms with van der Waals surface area (Å²) in [4.78, 5) is 16.7. The summed E-state index contributed by atoms with van der Waals surface area (Å²) < 4.78 is 0.906. The fourth-order valence-electron chi connectivity index (χ4n) is 1.13. The van der Waals surface area contributed by atoms with Gasteiger partial charge < -0.3 is 5.32 Å². The van der Waals surface area contributed by atoms with E-state index in [0.29, 0.717) is 10.9 Å². The molecule has 1 heterocycles. The highest BCUT2D eigenvalue weighted by molar-refractivity contribution is 9.11. The number of nitrogens with one attached hydrogen (secondary N) is 1. The van der Waals surface area contributed by atoms with Gasteiger partial charge in [0.15, 0.2) is 5.13 Å². The minimum absolute atomic E-state index is 0.0410. The molecule has 2 aromatic rings. The lowest BCUT2D eigenvalue weighted by molar-refractivity contribution is -0.113. The molecule has 0 saturated heterocycles. The minimum Gasteiger partial charge on any atom is -0.301 e. The van der Waals surface area contributed by atoms with Gasteiger partial charge in [0.1, 0.15) is 0 Å². The van der Waals surface area contributed by atoms with E-state index in [4.69, 9.17) is 0 Å². The van der Waals surface area contributed by atoms with Gasteiger partial charge in [0.05, 0.1) is 15.7 Å². The third-order valence-electron chi connectivity index (χ3n) is 1.84. The van der Waals surface area contributed by atoms with Gasteiger partial charge in [0.25, 0.3) is 0 Å². The fourth-order valence-corrected chi connectivity index (χ4v) is 2.98. The number of benzene rings is 1. The average molecular weight is 329 g/mol. The van der Waals surface area contributed by atoms with E-state index in [0.717, 1.165) is 8.68 Å². The molecule has 17 heavy (non-hydrogen) atoms. The Balaban J connectivity index is 1.82. The Morgan fingerprint density at radius 3 is 2.82 bits per heavy atom. The standard InChI is InChI=1S/C11H9BrN2OS2/c12-9-6-13-11(17-9)14-10(15)7-16-8-4-2-1-3-5-8/h1-6H,7H2,(H,13,14,15). The SMILES string of the molecule is O=C(CSc1ccccc1)Nc1ncc(Br)s1. The van der Waals surface area contributed by atoms with Crippen LogP contribution in [0.15, 0.2) is 45.2 Å². The number of halogens is 1. The van der Waals surface area contributed by atoms with Gasteiger partial charge in [-0.25, -0.2) is 4.98 Å². The molecule has 1 aromatic carbocycles. The van der Waals surface area contributed by atoms with Crippen molar-refractivity contribution >= 4 is 50.1 Å². The molecule has 0 atom stereocenters. The van der Waals surface area contributed by atoms with Crippen molar-refractivity contribution in [3.63, 3.8) is 0 Å². The number of hydrogen-bond acceptors (Lipinski definition) is 4. The highest BCUT2D eigenvalue weighted by Gasteiger charge is 2.06. The third-order valence-corrected chi connectivity index (χ3v) is 4.24. The van der Waals surface area contributed by atoms with E-state index in [1.165, 1.54) is 23.1 Å². The molecule has 0 saturated carbocycles. The van der Waals surface area contributed by atoms with Crippen molar-refractivity contribution < 1.29 is 4.79 Å². The summed E-state index contributed by atoms with van der Waals surface area (Å²) in [5.74, 6) is 0.349. The largest absolute Gasteiger partial charge is 0.301 e. The molecule has 0 radical (unpaired) electrons. The fraction of sp³-hybridized carbons (Fsp3) is 0.0909. The summed E-state index contributed by atoms with van der Waals surface area (Å²) in [5, 5.41) is 3.37. The maximum Gasteiger partial charge on any atom is 0.236 e. The van der Waals surface area contributed by atoms with E-state index in [2.05, 4.69) is 26.2 Å². The van der Waals surface area contributed by atoms with Crippen LogP contribution in [0.4, 0.5) is 5.13 Å². The second-order valence-electron chi connectivity index (χ2n) is 3.12. The van der Waals surface area contributed by atoms with Crippen molar-refractivity contribution in [2.24, 2.45) is 0 Å².